The van der Waals surface area contributed by atoms with Crippen LogP contribution in [0, 0.1) is 0 Å². The summed E-state index contributed by atoms with van der Waals surface area (Å²) >= 11 is 0. The number of benzene rings is 2. The maximum Gasteiger partial charge on any atom is 0.278 e. The minimum Gasteiger partial charge on any atom is -0.497 e. The molecule has 0 atom stereocenters. The van der Waals surface area contributed by atoms with Gasteiger partial charge >= 0.3 is 0 Å². The van der Waals surface area contributed by atoms with Crippen molar-refractivity contribution in [2.45, 2.75) is 6.54 Å². The normalized spacial score (nSPS) is 17.1. The average molecular weight is 452 g/mol. The van der Waals surface area contributed by atoms with Gasteiger partial charge in [-0.25, -0.2) is 0 Å². The Labute approximate surface area is 193 Å². The Hall–Kier alpha value is -3.52. The standard InChI is InChI=1S/C25H29N3O5/c1-26-11-13-27(14-12-26)23-22(18-6-8-19(31-2)9-7-18)24(29)28(25(23)30)16-17-5-10-20(32-3)21(15-17)33-4/h5-10,15H,11-14,16H2,1-4H3. The van der Waals surface area contributed by atoms with E-state index in [9.17, 15) is 9.59 Å². The molecule has 0 aromatic heterocycles. The molecule has 2 aromatic rings. The Balaban J connectivity index is 1.69. The van der Waals surface area contributed by atoms with Gasteiger partial charge in [-0.3, -0.25) is 14.5 Å². The number of nitrogens with zero attached hydrogens (tertiary/aromatic N) is 3. The number of carbonyl (C=O) groups is 2. The number of rotatable bonds is 7. The first-order chi connectivity index (χ1) is 16.0. The first kappa shape index (κ1) is 22.7. The van der Waals surface area contributed by atoms with E-state index in [1.807, 2.05) is 23.1 Å². The van der Waals surface area contributed by atoms with Gasteiger partial charge in [0, 0.05) is 26.2 Å². The molecule has 8 nitrogen and oxygen atoms in total. The predicted molar refractivity (Wildman–Crippen MR) is 124 cm³/mol. The van der Waals surface area contributed by atoms with E-state index in [0.29, 0.717) is 47.2 Å². The highest BCUT2D eigenvalue weighted by Gasteiger charge is 2.42. The Morgan fingerprint density at radius 2 is 1.45 bits per heavy atom. The third kappa shape index (κ3) is 4.39. The summed E-state index contributed by atoms with van der Waals surface area (Å²) in [7, 11) is 6.78. The molecule has 1 saturated heterocycles. The van der Waals surface area contributed by atoms with Crippen molar-refractivity contribution in [2.24, 2.45) is 0 Å². The molecular weight excluding hydrogens is 422 g/mol. The minimum absolute atomic E-state index is 0.148. The van der Waals surface area contributed by atoms with Crippen LogP contribution >= 0.6 is 0 Å². The number of imide groups is 1. The second kappa shape index (κ2) is 9.54. The second-order valence-electron chi connectivity index (χ2n) is 8.13. The van der Waals surface area contributed by atoms with E-state index in [-0.39, 0.29) is 18.4 Å². The van der Waals surface area contributed by atoms with Crippen LogP contribution in [0.15, 0.2) is 48.2 Å². The van der Waals surface area contributed by atoms with Crippen LogP contribution in [0.3, 0.4) is 0 Å². The Bertz CT molecular complexity index is 1070. The van der Waals surface area contributed by atoms with E-state index in [1.54, 1.807) is 45.6 Å². The van der Waals surface area contributed by atoms with Gasteiger partial charge in [-0.15, -0.1) is 0 Å². The zero-order valence-electron chi connectivity index (χ0n) is 19.5. The fraction of sp³-hybridized carbons (Fsp3) is 0.360. The zero-order chi connectivity index (χ0) is 23.5. The molecule has 4 rings (SSSR count). The fourth-order valence-corrected chi connectivity index (χ4v) is 4.21. The summed E-state index contributed by atoms with van der Waals surface area (Å²) < 4.78 is 15.9. The lowest BCUT2D eigenvalue weighted by molar-refractivity contribution is -0.138. The highest BCUT2D eigenvalue weighted by Crippen LogP contribution is 2.35. The Morgan fingerprint density at radius 3 is 2.06 bits per heavy atom. The van der Waals surface area contributed by atoms with Crippen LogP contribution in [0.5, 0.6) is 17.2 Å². The number of likely N-dealkylation sites (N-methyl/N-ethyl adjacent to an activating group) is 1. The van der Waals surface area contributed by atoms with E-state index in [1.165, 1.54) is 4.90 Å². The molecule has 0 saturated carbocycles. The van der Waals surface area contributed by atoms with E-state index in [2.05, 4.69) is 11.9 Å². The van der Waals surface area contributed by atoms with Gasteiger partial charge < -0.3 is 24.0 Å². The van der Waals surface area contributed by atoms with Crippen molar-refractivity contribution in [1.29, 1.82) is 0 Å². The lowest BCUT2D eigenvalue weighted by Gasteiger charge is -2.34. The fourth-order valence-electron chi connectivity index (χ4n) is 4.21. The molecule has 2 aromatic carbocycles. The molecule has 33 heavy (non-hydrogen) atoms. The van der Waals surface area contributed by atoms with E-state index >= 15 is 0 Å². The molecule has 174 valence electrons. The Morgan fingerprint density at radius 1 is 0.788 bits per heavy atom. The number of amides is 2. The van der Waals surface area contributed by atoms with Crippen molar-refractivity contribution in [3.05, 3.63) is 59.3 Å². The quantitative estimate of drug-likeness (QED) is 0.598. The van der Waals surface area contributed by atoms with Crippen LogP contribution < -0.4 is 14.2 Å². The lowest BCUT2D eigenvalue weighted by Crippen LogP contribution is -2.46. The largest absolute Gasteiger partial charge is 0.497 e. The highest BCUT2D eigenvalue weighted by atomic mass is 16.5. The second-order valence-corrected chi connectivity index (χ2v) is 8.13. The van der Waals surface area contributed by atoms with Gasteiger partial charge in [-0.05, 0) is 42.4 Å². The van der Waals surface area contributed by atoms with Crippen molar-refractivity contribution in [1.82, 2.24) is 14.7 Å². The topological polar surface area (TPSA) is 71.6 Å². The first-order valence-electron chi connectivity index (χ1n) is 10.9. The number of ether oxygens (including phenoxy) is 3. The predicted octanol–water partition coefficient (Wildman–Crippen LogP) is 2.24. The molecule has 1 fully saturated rings. The van der Waals surface area contributed by atoms with Crippen molar-refractivity contribution in [3.8, 4) is 17.2 Å². The van der Waals surface area contributed by atoms with Crippen LogP contribution in [0.4, 0.5) is 0 Å². The summed E-state index contributed by atoms with van der Waals surface area (Å²) in [6.07, 6.45) is 0. The van der Waals surface area contributed by atoms with Crippen molar-refractivity contribution in [2.75, 3.05) is 54.6 Å². The number of piperazine rings is 1. The monoisotopic (exact) mass is 451 g/mol. The summed E-state index contributed by atoms with van der Waals surface area (Å²) in [5.74, 6) is 1.27. The van der Waals surface area contributed by atoms with Crippen molar-refractivity contribution < 1.29 is 23.8 Å². The number of carbonyl (C=O) groups excluding carboxylic acids is 2. The minimum atomic E-state index is -0.297. The van der Waals surface area contributed by atoms with Gasteiger partial charge in [0.15, 0.2) is 11.5 Å². The summed E-state index contributed by atoms with van der Waals surface area (Å²) in [6.45, 7) is 3.19. The molecule has 2 amide bonds. The van der Waals surface area contributed by atoms with Crippen LogP contribution in [-0.4, -0.2) is 81.1 Å². The summed E-state index contributed by atoms with van der Waals surface area (Å²) in [5.41, 5.74) is 2.40. The molecule has 0 bridgehead atoms. The molecule has 0 aliphatic carbocycles. The van der Waals surface area contributed by atoms with Crippen LogP contribution in [0.25, 0.3) is 5.57 Å². The van der Waals surface area contributed by atoms with E-state index in [0.717, 1.165) is 18.7 Å². The smallest absolute Gasteiger partial charge is 0.278 e. The van der Waals surface area contributed by atoms with Crippen molar-refractivity contribution in [3.63, 3.8) is 0 Å². The maximum absolute atomic E-state index is 13.6. The van der Waals surface area contributed by atoms with Crippen LogP contribution in [0.2, 0.25) is 0 Å². The third-order valence-electron chi connectivity index (χ3n) is 6.13. The number of hydrogen-bond donors (Lipinski definition) is 0. The zero-order valence-corrected chi connectivity index (χ0v) is 19.5. The molecule has 2 heterocycles. The number of methoxy groups -OCH3 is 3. The molecule has 0 spiro atoms. The summed E-state index contributed by atoms with van der Waals surface area (Å²) in [5, 5.41) is 0. The summed E-state index contributed by atoms with van der Waals surface area (Å²) in [4.78, 5) is 32.8. The molecule has 0 N–H and O–H groups in total. The Kier molecular flexibility index (Phi) is 6.55. The van der Waals surface area contributed by atoms with E-state index < -0.39 is 0 Å². The SMILES string of the molecule is COc1ccc(C2=C(N3CCN(C)CC3)C(=O)N(Cc3ccc(OC)c(OC)c3)C2=O)cc1. The van der Waals surface area contributed by atoms with Crippen LogP contribution in [-0.2, 0) is 16.1 Å². The third-order valence-corrected chi connectivity index (χ3v) is 6.13. The molecular formula is C25H29N3O5. The van der Waals surface area contributed by atoms with Gasteiger partial charge in [0.05, 0.1) is 33.4 Å². The average Bonchev–Trinajstić information content (AvgIpc) is 3.09. The molecule has 0 unspecified atom stereocenters. The summed E-state index contributed by atoms with van der Waals surface area (Å²) in [6, 6.07) is 12.7. The van der Waals surface area contributed by atoms with Gasteiger partial charge in [0.2, 0.25) is 0 Å². The van der Waals surface area contributed by atoms with Crippen molar-refractivity contribution >= 4 is 17.4 Å². The molecule has 2 aliphatic heterocycles. The maximum atomic E-state index is 13.6. The first-order valence-corrected chi connectivity index (χ1v) is 10.9. The highest BCUT2D eigenvalue weighted by molar-refractivity contribution is 6.35. The van der Waals surface area contributed by atoms with Gasteiger partial charge in [0.1, 0.15) is 11.4 Å². The number of hydrogen-bond acceptors (Lipinski definition) is 7. The lowest BCUT2D eigenvalue weighted by atomic mass is 10.0. The molecule has 0 radical (unpaired) electrons. The van der Waals surface area contributed by atoms with Gasteiger partial charge in [-0.1, -0.05) is 18.2 Å². The molecule has 8 heteroatoms. The van der Waals surface area contributed by atoms with E-state index in [4.69, 9.17) is 14.2 Å². The van der Waals surface area contributed by atoms with Crippen LogP contribution in [0.1, 0.15) is 11.1 Å². The van der Waals surface area contributed by atoms with Gasteiger partial charge in [0.25, 0.3) is 11.8 Å². The van der Waals surface area contributed by atoms with Gasteiger partial charge in [-0.2, -0.15) is 0 Å². The molecule has 2 aliphatic rings.